The molecule has 3 N–H and O–H groups in total. The van der Waals surface area contributed by atoms with Gasteiger partial charge in [-0.15, -0.1) is 6.42 Å². The Balaban J connectivity index is 1.71. The van der Waals surface area contributed by atoms with Gasteiger partial charge in [-0.2, -0.15) is 0 Å². The minimum absolute atomic E-state index is 0.229. The molecule has 0 unspecified atom stereocenters. The van der Waals surface area contributed by atoms with E-state index in [1.54, 1.807) is 13.2 Å². The molecule has 1 aliphatic rings. The molecule has 1 aromatic carbocycles. The van der Waals surface area contributed by atoms with Gasteiger partial charge in [0.15, 0.2) is 0 Å². The van der Waals surface area contributed by atoms with Gasteiger partial charge in [0.1, 0.15) is 17.5 Å². The molecule has 3 rings (SSSR count). The SMILES string of the molecule is C#C[C@H](CC1CCC1)NC(=O)[C@H](CC(C)C)NC(=O)c1cc2c(OC)cccc2[nH]1. The lowest BCUT2D eigenvalue weighted by Crippen LogP contribution is -2.50. The standard InChI is InChI=1S/C24H31N3O3/c1-5-17(13-16-8-6-9-16)25-23(28)20(12-15(2)3)27-24(29)21-14-18-19(26-21)10-7-11-22(18)30-4/h1,7,10-11,14-17,20,26H,6,8-9,12-13H2,2-4H3,(H,25,28)(H,27,29)/t17-,20+/m1/s1. The van der Waals surface area contributed by atoms with Crippen molar-refractivity contribution in [2.45, 2.75) is 58.0 Å². The van der Waals surface area contributed by atoms with Crippen LogP contribution in [0.1, 0.15) is 56.4 Å². The van der Waals surface area contributed by atoms with Crippen molar-refractivity contribution in [2.75, 3.05) is 7.11 Å². The van der Waals surface area contributed by atoms with Gasteiger partial charge in [0, 0.05) is 10.9 Å². The average Bonchev–Trinajstić information content (AvgIpc) is 3.13. The molecule has 1 aliphatic carbocycles. The van der Waals surface area contributed by atoms with E-state index in [9.17, 15) is 9.59 Å². The summed E-state index contributed by atoms with van der Waals surface area (Å²) in [5.41, 5.74) is 1.19. The number of hydrogen-bond donors (Lipinski definition) is 3. The van der Waals surface area contributed by atoms with Crippen LogP contribution in [-0.2, 0) is 4.79 Å². The van der Waals surface area contributed by atoms with Crippen LogP contribution in [0.2, 0.25) is 0 Å². The molecule has 0 spiro atoms. The Hall–Kier alpha value is -2.94. The first-order chi connectivity index (χ1) is 14.4. The van der Waals surface area contributed by atoms with Gasteiger partial charge in [0.25, 0.3) is 5.91 Å². The number of aromatic nitrogens is 1. The average molecular weight is 410 g/mol. The maximum atomic E-state index is 12.9. The van der Waals surface area contributed by atoms with E-state index in [4.69, 9.17) is 11.2 Å². The minimum Gasteiger partial charge on any atom is -0.496 e. The summed E-state index contributed by atoms with van der Waals surface area (Å²) in [5.74, 6) is 3.65. The van der Waals surface area contributed by atoms with Crippen molar-refractivity contribution in [1.29, 1.82) is 0 Å². The number of terminal acetylenes is 1. The Bertz CT molecular complexity index is 937. The van der Waals surface area contributed by atoms with Gasteiger partial charge >= 0.3 is 0 Å². The Kier molecular flexibility index (Phi) is 7.04. The van der Waals surface area contributed by atoms with Crippen LogP contribution in [0, 0.1) is 24.2 Å². The van der Waals surface area contributed by atoms with E-state index in [0.717, 1.165) is 17.3 Å². The number of carbonyl (C=O) groups excluding carboxylic acids is 2. The molecule has 2 amide bonds. The zero-order valence-electron chi connectivity index (χ0n) is 18.0. The molecule has 160 valence electrons. The summed E-state index contributed by atoms with van der Waals surface area (Å²) < 4.78 is 5.36. The smallest absolute Gasteiger partial charge is 0.268 e. The van der Waals surface area contributed by atoms with E-state index in [1.807, 2.05) is 32.0 Å². The second kappa shape index (κ2) is 9.71. The van der Waals surface area contributed by atoms with E-state index < -0.39 is 6.04 Å². The Labute approximate surface area is 178 Å². The fourth-order valence-electron chi connectivity index (χ4n) is 3.87. The van der Waals surface area contributed by atoms with Crippen molar-refractivity contribution in [1.82, 2.24) is 15.6 Å². The minimum atomic E-state index is -0.650. The van der Waals surface area contributed by atoms with Crippen LogP contribution in [0.15, 0.2) is 24.3 Å². The third-order valence-electron chi connectivity index (χ3n) is 5.73. The highest BCUT2D eigenvalue weighted by atomic mass is 16.5. The van der Waals surface area contributed by atoms with Crippen molar-refractivity contribution >= 4 is 22.7 Å². The Morgan fingerprint density at radius 3 is 2.67 bits per heavy atom. The number of nitrogens with one attached hydrogen (secondary N) is 3. The van der Waals surface area contributed by atoms with Gasteiger partial charge in [-0.25, -0.2) is 0 Å². The molecular formula is C24H31N3O3. The van der Waals surface area contributed by atoms with Gasteiger partial charge in [-0.05, 0) is 42.9 Å². The summed E-state index contributed by atoms with van der Waals surface area (Å²) in [4.78, 5) is 28.9. The highest BCUT2D eigenvalue weighted by Crippen LogP contribution is 2.30. The monoisotopic (exact) mass is 409 g/mol. The highest BCUT2D eigenvalue weighted by Gasteiger charge is 2.27. The molecule has 0 saturated heterocycles. The lowest BCUT2D eigenvalue weighted by Gasteiger charge is -2.29. The molecule has 0 aliphatic heterocycles. The summed E-state index contributed by atoms with van der Waals surface area (Å²) >= 11 is 0. The predicted molar refractivity (Wildman–Crippen MR) is 118 cm³/mol. The van der Waals surface area contributed by atoms with Gasteiger partial charge in [-0.3, -0.25) is 9.59 Å². The van der Waals surface area contributed by atoms with E-state index in [2.05, 4.69) is 21.5 Å². The number of fused-ring (bicyclic) bond motifs is 1. The quantitative estimate of drug-likeness (QED) is 0.553. The van der Waals surface area contributed by atoms with Crippen molar-refractivity contribution in [3.05, 3.63) is 30.0 Å². The van der Waals surface area contributed by atoms with Crippen molar-refractivity contribution in [3.63, 3.8) is 0 Å². The third kappa shape index (κ3) is 5.15. The number of benzene rings is 1. The molecular weight excluding hydrogens is 378 g/mol. The number of rotatable bonds is 9. The van der Waals surface area contributed by atoms with E-state index >= 15 is 0 Å². The third-order valence-corrected chi connectivity index (χ3v) is 5.73. The molecule has 1 saturated carbocycles. The van der Waals surface area contributed by atoms with E-state index in [1.165, 1.54) is 19.3 Å². The molecule has 1 fully saturated rings. The summed E-state index contributed by atoms with van der Waals surface area (Å²) in [6.45, 7) is 4.04. The molecule has 1 aromatic heterocycles. The lowest BCUT2D eigenvalue weighted by molar-refractivity contribution is -0.123. The zero-order chi connectivity index (χ0) is 21.7. The van der Waals surface area contributed by atoms with E-state index in [0.29, 0.717) is 23.8 Å². The summed E-state index contributed by atoms with van der Waals surface area (Å²) in [5, 5.41) is 6.66. The van der Waals surface area contributed by atoms with Crippen LogP contribution in [0.4, 0.5) is 0 Å². The Morgan fingerprint density at radius 2 is 2.07 bits per heavy atom. The molecule has 0 radical (unpaired) electrons. The first-order valence-corrected chi connectivity index (χ1v) is 10.6. The number of H-pyrrole nitrogens is 1. The van der Waals surface area contributed by atoms with Gasteiger partial charge < -0.3 is 20.4 Å². The largest absolute Gasteiger partial charge is 0.496 e. The molecule has 2 aromatic rings. The van der Waals surface area contributed by atoms with Gasteiger partial charge in [-0.1, -0.05) is 45.1 Å². The van der Waals surface area contributed by atoms with Crippen LogP contribution < -0.4 is 15.4 Å². The molecule has 6 nitrogen and oxygen atoms in total. The highest BCUT2D eigenvalue weighted by molar-refractivity contribution is 6.01. The topological polar surface area (TPSA) is 83.2 Å². The second-order valence-corrected chi connectivity index (χ2v) is 8.52. The lowest BCUT2D eigenvalue weighted by atomic mass is 9.81. The fraction of sp³-hybridized carbons (Fsp3) is 0.500. The number of ether oxygens (including phenoxy) is 1. The molecule has 6 heteroatoms. The maximum absolute atomic E-state index is 12.9. The predicted octanol–water partition coefficient (Wildman–Crippen LogP) is 3.63. The normalized spacial score (nSPS) is 15.8. The van der Waals surface area contributed by atoms with E-state index in [-0.39, 0.29) is 23.8 Å². The molecule has 0 bridgehead atoms. The van der Waals surface area contributed by atoms with Gasteiger partial charge in [0.05, 0.1) is 13.2 Å². The fourth-order valence-corrected chi connectivity index (χ4v) is 3.87. The number of carbonyl (C=O) groups is 2. The van der Waals surface area contributed by atoms with Crippen LogP contribution in [0.25, 0.3) is 10.9 Å². The first kappa shape index (κ1) is 21.8. The first-order valence-electron chi connectivity index (χ1n) is 10.6. The number of methoxy groups -OCH3 is 1. The number of hydrogen-bond acceptors (Lipinski definition) is 3. The number of aromatic amines is 1. The van der Waals surface area contributed by atoms with Gasteiger partial charge in [0.2, 0.25) is 5.91 Å². The van der Waals surface area contributed by atoms with Crippen LogP contribution in [-0.4, -0.2) is 36.0 Å². The number of amides is 2. The van der Waals surface area contributed by atoms with Crippen LogP contribution >= 0.6 is 0 Å². The van der Waals surface area contributed by atoms with Crippen LogP contribution in [0.3, 0.4) is 0 Å². The molecule has 2 atom stereocenters. The second-order valence-electron chi connectivity index (χ2n) is 8.52. The summed E-state index contributed by atoms with van der Waals surface area (Å²) in [6.07, 6.45) is 10.5. The summed E-state index contributed by atoms with van der Waals surface area (Å²) in [7, 11) is 1.59. The van der Waals surface area contributed by atoms with Crippen molar-refractivity contribution < 1.29 is 14.3 Å². The zero-order valence-corrected chi connectivity index (χ0v) is 18.0. The maximum Gasteiger partial charge on any atom is 0.268 e. The molecule has 1 heterocycles. The van der Waals surface area contributed by atoms with Crippen molar-refractivity contribution in [3.8, 4) is 18.1 Å². The van der Waals surface area contributed by atoms with Crippen molar-refractivity contribution in [2.24, 2.45) is 11.8 Å². The van der Waals surface area contributed by atoms with Crippen LogP contribution in [0.5, 0.6) is 5.75 Å². The molecule has 30 heavy (non-hydrogen) atoms. The Morgan fingerprint density at radius 1 is 1.30 bits per heavy atom. The summed E-state index contributed by atoms with van der Waals surface area (Å²) in [6, 6.07) is 6.38.